The number of benzene rings is 2. The second kappa shape index (κ2) is 9.51. The third-order valence-corrected chi connectivity index (χ3v) is 11.0. The lowest BCUT2D eigenvalue weighted by Gasteiger charge is -2.37. The number of amides is 2. The van der Waals surface area contributed by atoms with Crippen LogP contribution in [0, 0.1) is 5.92 Å². The Balaban J connectivity index is 1.49. The summed E-state index contributed by atoms with van der Waals surface area (Å²) in [6, 6.07) is 15.3. The van der Waals surface area contributed by atoms with Gasteiger partial charge in [-0.1, -0.05) is 55.5 Å². The summed E-state index contributed by atoms with van der Waals surface area (Å²) < 4.78 is 6.72. The van der Waals surface area contributed by atoms with Crippen LogP contribution in [0.3, 0.4) is 0 Å². The second-order valence-corrected chi connectivity index (χ2v) is 15.1. The molecule has 5 atom stereocenters. The van der Waals surface area contributed by atoms with Crippen molar-refractivity contribution in [2.24, 2.45) is 5.92 Å². The van der Waals surface area contributed by atoms with Crippen LogP contribution in [0.2, 0.25) is 18.6 Å². The molecule has 2 aromatic carbocycles. The highest BCUT2D eigenvalue weighted by molar-refractivity contribution is 6.71. The second-order valence-electron chi connectivity index (χ2n) is 11.1. The molecular weight excluding hydrogens is 484 g/mol. The van der Waals surface area contributed by atoms with Crippen molar-refractivity contribution in [2.75, 3.05) is 18.1 Å². The first-order valence-corrected chi connectivity index (χ1v) is 16.1. The number of anilines is 1. The van der Waals surface area contributed by atoms with E-state index in [1.54, 1.807) is 15.9 Å². The fourth-order valence-corrected chi connectivity index (χ4v) is 9.43. The van der Waals surface area contributed by atoms with E-state index in [0.717, 1.165) is 22.4 Å². The first kappa shape index (κ1) is 25.8. The van der Waals surface area contributed by atoms with E-state index in [4.69, 9.17) is 4.74 Å². The minimum absolute atomic E-state index is 0.0450. The van der Waals surface area contributed by atoms with Gasteiger partial charge in [-0.15, -0.1) is 6.58 Å². The van der Waals surface area contributed by atoms with Crippen LogP contribution in [0.4, 0.5) is 5.69 Å². The number of carbonyl (C=O) groups excluding carboxylic acids is 2. The zero-order valence-corrected chi connectivity index (χ0v) is 22.8. The number of hydrogen-bond donors (Lipinski definition) is 2. The van der Waals surface area contributed by atoms with Crippen LogP contribution in [0.1, 0.15) is 30.0 Å². The third kappa shape index (κ3) is 4.07. The molecule has 0 aromatic heterocycles. The maximum absolute atomic E-state index is 14.0. The van der Waals surface area contributed by atoms with Gasteiger partial charge in [-0.25, -0.2) is 0 Å². The molecule has 5 rings (SSSR count). The molecule has 0 aliphatic carbocycles. The molecule has 1 saturated heterocycles. The van der Waals surface area contributed by atoms with Crippen LogP contribution in [0.25, 0.3) is 0 Å². The Kier molecular flexibility index (Phi) is 6.64. The summed E-state index contributed by atoms with van der Waals surface area (Å²) >= 11 is 0. The molecule has 3 heterocycles. The van der Waals surface area contributed by atoms with Gasteiger partial charge < -0.3 is 24.4 Å². The van der Waals surface area contributed by atoms with Crippen molar-refractivity contribution in [1.29, 1.82) is 0 Å². The Morgan fingerprint density at radius 2 is 1.86 bits per heavy atom. The number of fused-ring (bicyclic) bond motifs is 3. The minimum atomic E-state index is -2.87. The van der Waals surface area contributed by atoms with Crippen molar-refractivity contribution in [3.63, 3.8) is 0 Å². The van der Waals surface area contributed by atoms with Crippen molar-refractivity contribution in [3.8, 4) is 0 Å². The number of aliphatic hydroxyl groups excluding tert-OH is 1. The quantitative estimate of drug-likeness (QED) is 0.450. The van der Waals surface area contributed by atoms with Crippen LogP contribution >= 0.6 is 0 Å². The smallest absolute Gasteiger partial charge is 0.264 e. The average molecular weight is 521 g/mol. The number of hydrogen-bond acceptors (Lipinski definition) is 5. The number of carbonyl (C=O) groups is 2. The van der Waals surface area contributed by atoms with Gasteiger partial charge in [0.25, 0.3) is 5.91 Å². The van der Waals surface area contributed by atoms with Crippen molar-refractivity contribution >= 4 is 25.8 Å². The summed E-state index contributed by atoms with van der Waals surface area (Å²) in [4.78, 5) is 42.6. The lowest BCUT2D eigenvalue weighted by molar-refractivity contribution is -0.150. The van der Waals surface area contributed by atoms with Crippen LogP contribution in [0.15, 0.2) is 61.2 Å². The van der Waals surface area contributed by atoms with E-state index in [1.165, 1.54) is 0 Å². The summed E-state index contributed by atoms with van der Waals surface area (Å²) in [6.07, 6.45) is 1.71. The van der Waals surface area contributed by atoms with Gasteiger partial charge in [0.2, 0.25) is 5.91 Å². The Labute approximate surface area is 219 Å². The lowest BCUT2D eigenvalue weighted by atomic mass is 9.82. The number of ether oxygens (including phenoxy) is 1. The van der Waals surface area contributed by atoms with Gasteiger partial charge in [-0.05, 0) is 36.7 Å². The molecule has 0 bridgehead atoms. The van der Waals surface area contributed by atoms with Gasteiger partial charge in [0.1, 0.15) is 0 Å². The topological polar surface area (TPSA) is 90.3 Å². The van der Waals surface area contributed by atoms with Gasteiger partial charge in [0, 0.05) is 30.1 Å². The number of rotatable bonds is 6. The SMILES string of the molecule is C=CCN1C(=O)[C@@]2(O[C@@H](CC(=O)N3Cc4ccccc4C[C@H]3CO)[C@H]([Si](C)(C)O)[C@H]2C)c2ccccc21. The summed E-state index contributed by atoms with van der Waals surface area (Å²) in [5.41, 5.74) is 2.20. The number of para-hydroxylation sites is 1. The summed E-state index contributed by atoms with van der Waals surface area (Å²) in [7, 11) is -2.87. The fraction of sp³-hybridized carbons (Fsp3) is 0.448. The van der Waals surface area contributed by atoms with Crippen molar-refractivity contribution in [1.82, 2.24) is 4.90 Å². The largest absolute Gasteiger partial charge is 0.432 e. The van der Waals surface area contributed by atoms with Crippen LogP contribution in [0.5, 0.6) is 0 Å². The molecule has 2 aromatic rings. The average Bonchev–Trinajstić information content (AvgIpc) is 3.30. The molecule has 7 nitrogen and oxygen atoms in total. The predicted molar refractivity (Wildman–Crippen MR) is 144 cm³/mol. The zero-order valence-electron chi connectivity index (χ0n) is 21.8. The molecule has 2 amide bonds. The van der Waals surface area contributed by atoms with Gasteiger partial charge in [-0.2, -0.15) is 0 Å². The first-order valence-electron chi connectivity index (χ1n) is 13.0. The van der Waals surface area contributed by atoms with E-state index >= 15 is 0 Å². The Morgan fingerprint density at radius 3 is 2.54 bits per heavy atom. The van der Waals surface area contributed by atoms with E-state index in [0.29, 0.717) is 19.5 Å². The number of nitrogens with zero attached hydrogens (tertiary/aromatic N) is 2. The maximum atomic E-state index is 14.0. The van der Waals surface area contributed by atoms with Crippen molar-refractivity contribution in [3.05, 3.63) is 77.9 Å². The molecule has 1 spiro atoms. The monoisotopic (exact) mass is 520 g/mol. The predicted octanol–water partition coefficient (Wildman–Crippen LogP) is 3.35. The lowest BCUT2D eigenvalue weighted by Crippen LogP contribution is -2.48. The maximum Gasteiger partial charge on any atom is 0.264 e. The normalized spacial score (nSPS) is 28.9. The molecule has 196 valence electrons. The van der Waals surface area contributed by atoms with Gasteiger partial charge >= 0.3 is 0 Å². The zero-order chi connectivity index (χ0) is 26.5. The highest BCUT2D eigenvalue weighted by Gasteiger charge is 2.66. The van der Waals surface area contributed by atoms with Crippen molar-refractivity contribution < 1.29 is 24.2 Å². The van der Waals surface area contributed by atoms with Gasteiger partial charge in [0.15, 0.2) is 13.9 Å². The molecule has 2 N–H and O–H groups in total. The highest BCUT2D eigenvalue weighted by atomic mass is 28.4. The Bertz CT molecular complexity index is 1230. The van der Waals surface area contributed by atoms with Crippen LogP contribution < -0.4 is 4.90 Å². The molecule has 3 aliphatic rings. The fourth-order valence-electron chi connectivity index (χ4n) is 6.87. The molecular formula is C29H36N2O5Si. The minimum Gasteiger partial charge on any atom is -0.432 e. The van der Waals surface area contributed by atoms with Crippen LogP contribution in [-0.4, -0.2) is 60.2 Å². The highest BCUT2D eigenvalue weighted by Crippen LogP contribution is 2.59. The first-order chi connectivity index (χ1) is 17.6. The molecule has 8 heteroatoms. The number of aliphatic hydroxyl groups is 1. The summed E-state index contributed by atoms with van der Waals surface area (Å²) in [6.45, 7) is 10.2. The van der Waals surface area contributed by atoms with E-state index in [2.05, 4.69) is 6.58 Å². The molecule has 0 saturated carbocycles. The Morgan fingerprint density at radius 1 is 1.19 bits per heavy atom. The molecule has 0 unspecified atom stereocenters. The summed E-state index contributed by atoms with van der Waals surface area (Å²) in [5.74, 6) is -0.622. The third-order valence-electron chi connectivity index (χ3n) is 8.47. The van der Waals surface area contributed by atoms with E-state index in [-0.39, 0.29) is 42.3 Å². The molecule has 0 radical (unpaired) electrons. The van der Waals surface area contributed by atoms with E-state index in [1.807, 2.05) is 68.5 Å². The van der Waals surface area contributed by atoms with E-state index < -0.39 is 20.0 Å². The molecule has 1 fully saturated rings. The standard InChI is InChI=1S/C29H36N2O5Si/c1-5-14-30-24-13-9-8-12-23(24)29(28(30)34)19(2)27(37(3,4)35)25(36-29)16-26(33)31-17-21-11-7-6-10-20(21)15-22(31)18-32/h5-13,19,22,25,27,32,35H,1,14-18H2,2-4H3/t19-,22+,25+,27-,29+/m1/s1. The van der Waals surface area contributed by atoms with E-state index in [9.17, 15) is 19.5 Å². The van der Waals surface area contributed by atoms with Gasteiger partial charge in [-0.3, -0.25) is 9.59 Å². The molecule has 37 heavy (non-hydrogen) atoms. The summed E-state index contributed by atoms with van der Waals surface area (Å²) in [5, 5.41) is 10.1. The van der Waals surface area contributed by atoms with Crippen molar-refractivity contribution in [2.45, 2.75) is 62.7 Å². The van der Waals surface area contributed by atoms with Crippen LogP contribution in [-0.2, 0) is 32.9 Å². The molecule has 3 aliphatic heterocycles. The van der Waals surface area contributed by atoms with Gasteiger partial charge in [0.05, 0.1) is 30.9 Å². The Hall–Kier alpha value is -2.78.